The summed E-state index contributed by atoms with van der Waals surface area (Å²) in [5.74, 6) is 2.15. The fourth-order valence-corrected chi connectivity index (χ4v) is 5.53. The zero-order valence-electron chi connectivity index (χ0n) is 14.0. The van der Waals surface area contributed by atoms with Gasteiger partial charge in [-0.15, -0.1) is 0 Å². The Balaban J connectivity index is 1.50. The second kappa shape index (κ2) is 5.50. The number of rotatable bonds is 3. The second-order valence-electron chi connectivity index (χ2n) is 8.04. The van der Waals surface area contributed by atoms with Crippen LogP contribution in [0.4, 0.5) is 0 Å². The fraction of sp³-hybridized carbons (Fsp3) is 0.579. The molecule has 1 amide bonds. The van der Waals surface area contributed by atoms with Gasteiger partial charge in [-0.05, 0) is 75.3 Å². The molecule has 0 atom stereocenters. The van der Waals surface area contributed by atoms with Gasteiger partial charge in [0.05, 0.1) is 11.1 Å². The third-order valence-electron chi connectivity index (χ3n) is 6.22. The number of hydrogen-bond acceptors (Lipinski definition) is 4. The Labute approximate surface area is 141 Å². The molecule has 0 heterocycles. The Bertz CT molecular complexity index is 675. The van der Waals surface area contributed by atoms with Crippen LogP contribution in [0, 0.1) is 23.2 Å². The van der Waals surface area contributed by atoms with E-state index in [9.17, 15) is 15.0 Å². The molecule has 0 saturated heterocycles. The Kier molecular flexibility index (Phi) is 3.55. The van der Waals surface area contributed by atoms with Gasteiger partial charge in [0.1, 0.15) is 11.5 Å². The van der Waals surface area contributed by atoms with E-state index >= 15 is 0 Å². The predicted molar refractivity (Wildman–Crippen MR) is 90.7 cm³/mol. The highest BCUT2D eigenvalue weighted by molar-refractivity contribution is 6.01. The van der Waals surface area contributed by atoms with Crippen molar-refractivity contribution in [1.29, 1.82) is 0 Å². The van der Waals surface area contributed by atoms with Gasteiger partial charge in [-0.2, -0.15) is 5.10 Å². The van der Waals surface area contributed by atoms with Crippen LogP contribution in [-0.4, -0.2) is 21.8 Å². The largest absolute Gasteiger partial charge is 0.508 e. The normalized spacial score (nSPS) is 34.4. The molecule has 4 fully saturated rings. The van der Waals surface area contributed by atoms with Gasteiger partial charge in [0.2, 0.25) is 5.91 Å². The van der Waals surface area contributed by atoms with E-state index in [4.69, 9.17) is 0 Å². The molecule has 4 aliphatic carbocycles. The maximum absolute atomic E-state index is 12.9. The topological polar surface area (TPSA) is 81.9 Å². The van der Waals surface area contributed by atoms with Crippen LogP contribution in [0.15, 0.2) is 23.3 Å². The summed E-state index contributed by atoms with van der Waals surface area (Å²) in [7, 11) is 0. The zero-order valence-corrected chi connectivity index (χ0v) is 14.0. The van der Waals surface area contributed by atoms with Gasteiger partial charge in [0.25, 0.3) is 0 Å². The van der Waals surface area contributed by atoms with E-state index in [-0.39, 0.29) is 22.8 Å². The van der Waals surface area contributed by atoms with Crippen LogP contribution in [0.2, 0.25) is 0 Å². The second-order valence-corrected chi connectivity index (χ2v) is 8.04. The predicted octanol–water partition coefficient (Wildman–Crippen LogP) is 3.15. The molecule has 1 aromatic carbocycles. The summed E-state index contributed by atoms with van der Waals surface area (Å²) < 4.78 is 0. The van der Waals surface area contributed by atoms with Gasteiger partial charge >= 0.3 is 0 Å². The first kappa shape index (κ1) is 15.5. The highest BCUT2D eigenvalue weighted by atomic mass is 16.3. The van der Waals surface area contributed by atoms with Gasteiger partial charge in [-0.25, -0.2) is 5.43 Å². The van der Waals surface area contributed by atoms with E-state index < -0.39 is 0 Å². The van der Waals surface area contributed by atoms with Gasteiger partial charge < -0.3 is 10.2 Å². The Morgan fingerprint density at radius 1 is 1.12 bits per heavy atom. The summed E-state index contributed by atoms with van der Waals surface area (Å²) in [5, 5.41) is 23.5. The summed E-state index contributed by atoms with van der Waals surface area (Å²) in [5.41, 5.74) is 3.57. The molecule has 24 heavy (non-hydrogen) atoms. The van der Waals surface area contributed by atoms with E-state index in [1.54, 1.807) is 13.0 Å². The minimum atomic E-state index is -0.227. The summed E-state index contributed by atoms with van der Waals surface area (Å²) in [6.07, 6.45) is 6.92. The zero-order chi connectivity index (χ0) is 16.9. The van der Waals surface area contributed by atoms with Crippen molar-refractivity contribution in [1.82, 2.24) is 5.43 Å². The molecule has 0 unspecified atom stereocenters. The third kappa shape index (κ3) is 2.56. The van der Waals surface area contributed by atoms with Gasteiger partial charge in [-0.1, -0.05) is 0 Å². The highest BCUT2D eigenvalue weighted by Gasteiger charge is 2.54. The lowest BCUT2D eigenvalue weighted by Gasteiger charge is -2.55. The van der Waals surface area contributed by atoms with Crippen molar-refractivity contribution in [3.8, 4) is 11.5 Å². The number of amides is 1. The first-order valence-electron chi connectivity index (χ1n) is 8.82. The van der Waals surface area contributed by atoms with Crippen molar-refractivity contribution in [2.45, 2.75) is 45.4 Å². The number of carbonyl (C=O) groups is 1. The Morgan fingerprint density at radius 3 is 2.25 bits per heavy atom. The van der Waals surface area contributed by atoms with Crippen molar-refractivity contribution < 1.29 is 15.0 Å². The van der Waals surface area contributed by atoms with Crippen molar-refractivity contribution in [3.05, 3.63) is 23.8 Å². The van der Waals surface area contributed by atoms with E-state index in [0.717, 1.165) is 19.3 Å². The van der Waals surface area contributed by atoms with Crippen molar-refractivity contribution in [2.75, 3.05) is 0 Å². The van der Waals surface area contributed by atoms with Crippen LogP contribution in [0.25, 0.3) is 0 Å². The standard InChI is InChI=1S/C19H24N2O3/c1-11(16-3-2-15(22)7-17(16)23)20-21-18(24)19-8-12-4-13(9-19)6-14(5-12)10-19/h2-3,7,12-14,22-23H,4-6,8-10H2,1H3,(H,21,24). The maximum Gasteiger partial charge on any atom is 0.246 e. The molecule has 4 saturated carbocycles. The lowest BCUT2D eigenvalue weighted by atomic mass is 9.49. The molecule has 5 rings (SSSR count). The molecule has 4 bridgehead atoms. The molecule has 0 radical (unpaired) electrons. The summed E-state index contributed by atoms with van der Waals surface area (Å²) >= 11 is 0. The first-order chi connectivity index (χ1) is 11.4. The molecule has 3 N–H and O–H groups in total. The number of nitrogens with one attached hydrogen (secondary N) is 1. The molecule has 0 spiro atoms. The monoisotopic (exact) mass is 328 g/mol. The Morgan fingerprint density at radius 2 is 1.71 bits per heavy atom. The first-order valence-corrected chi connectivity index (χ1v) is 8.82. The van der Waals surface area contributed by atoms with Crippen LogP contribution in [-0.2, 0) is 4.79 Å². The van der Waals surface area contributed by atoms with Crippen LogP contribution in [0.5, 0.6) is 11.5 Å². The molecule has 0 aromatic heterocycles. The molecule has 1 aromatic rings. The minimum absolute atomic E-state index is 0.00153. The highest BCUT2D eigenvalue weighted by Crippen LogP contribution is 2.60. The fourth-order valence-electron chi connectivity index (χ4n) is 5.53. The van der Waals surface area contributed by atoms with Crippen LogP contribution in [0.3, 0.4) is 0 Å². The van der Waals surface area contributed by atoms with Crippen molar-refractivity contribution in [3.63, 3.8) is 0 Å². The lowest BCUT2D eigenvalue weighted by molar-refractivity contribution is -0.146. The molecular formula is C19H24N2O3. The molecule has 5 heteroatoms. The van der Waals surface area contributed by atoms with Crippen LogP contribution < -0.4 is 5.43 Å². The number of hydrazone groups is 1. The number of benzene rings is 1. The molecule has 5 nitrogen and oxygen atoms in total. The van der Waals surface area contributed by atoms with E-state index in [2.05, 4.69) is 10.5 Å². The number of phenolic OH excluding ortho intramolecular Hbond substituents is 2. The Hall–Kier alpha value is -2.04. The smallest absolute Gasteiger partial charge is 0.246 e. The molecular weight excluding hydrogens is 304 g/mol. The van der Waals surface area contributed by atoms with E-state index in [0.29, 0.717) is 29.0 Å². The van der Waals surface area contributed by atoms with E-state index in [1.165, 1.54) is 31.4 Å². The molecule has 4 aliphatic rings. The molecule has 128 valence electrons. The number of aromatic hydroxyl groups is 2. The number of carbonyl (C=O) groups excluding carboxylic acids is 1. The van der Waals surface area contributed by atoms with Gasteiger partial charge in [0, 0.05) is 11.6 Å². The average Bonchev–Trinajstić information content (AvgIpc) is 2.51. The van der Waals surface area contributed by atoms with Gasteiger partial charge in [0.15, 0.2) is 0 Å². The number of hydrogen-bond donors (Lipinski definition) is 3. The summed E-state index contributed by atoms with van der Waals surface area (Å²) in [6.45, 7) is 1.74. The van der Waals surface area contributed by atoms with Crippen molar-refractivity contribution >= 4 is 11.6 Å². The van der Waals surface area contributed by atoms with Crippen LogP contribution in [0.1, 0.15) is 51.0 Å². The minimum Gasteiger partial charge on any atom is -0.508 e. The van der Waals surface area contributed by atoms with Crippen LogP contribution >= 0.6 is 0 Å². The lowest BCUT2D eigenvalue weighted by Crippen LogP contribution is -2.52. The summed E-state index contributed by atoms with van der Waals surface area (Å²) in [6, 6.07) is 4.37. The quantitative estimate of drug-likeness (QED) is 0.589. The average molecular weight is 328 g/mol. The van der Waals surface area contributed by atoms with Crippen molar-refractivity contribution in [2.24, 2.45) is 28.3 Å². The number of nitrogens with zero attached hydrogens (tertiary/aromatic N) is 1. The number of phenols is 2. The molecule has 0 aliphatic heterocycles. The third-order valence-corrected chi connectivity index (χ3v) is 6.22. The summed E-state index contributed by atoms with van der Waals surface area (Å²) in [4.78, 5) is 12.9. The SMILES string of the molecule is CC(=NNC(=O)C12CC3CC(CC(C3)C1)C2)c1ccc(O)cc1O. The maximum atomic E-state index is 12.9. The van der Waals surface area contributed by atoms with Gasteiger partial charge in [-0.3, -0.25) is 4.79 Å². The van der Waals surface area contributed by atoms with E-state index in [1.807, 2.05) is 0 Å².